The molecule has 26 heavy (non-hydrogen) atoms. The average molecular weight is 387 g/mol. The molecule has 0 spiro atoms. The van der Waals surface area contributed by atoms with Gasteiger partial charge in [0.25, 0.3) is 0 Å². The number of nitrogens with two attached hydrogens (primary N) is 1. The zero-order valence-electron chi connectivity index (χ0n) is 14.3. The van der Waals surface area contributed by atoms with Crippen LogP contribution in [0.3, 0.4) is 0 Å². The van der Waals surface area contributed by atoms with Crippen LogP contribution in [0.1, 0.15) is 16.8 Å². The number of thioether (sulfide) groups is 1. The number of hydrogen-bond donors (Lipinski definition) is 1. The van der Waals surface area contributed by atoms with E-state index in [9.17, 15) is 5.26 Å². The van der Waals surface area contributed by atoms with Crippen molar-refractivity contribution in [3.63, 3.8) is 0 Å². The van der Waals surface area contributed by atoms with Gasteiger partial charge < -0.3 is 10.5 Å². The van der Waals surface area contributed by atoms with E-state index in [-0.39, 0.29) is 5.82 Å². The van der Waals surface area contributed by atoms with E-state index in [1.807, 2.05) is 25.3 Å². The summed E-state index contributed by atoms with van der Waals surface area (Å²) in [4.78, 5) is 8.78. The largest absolute Gasteiger partial charge is 0.439 e. The SMILES string of the molecule is CSc1nc(Oc2ccc(Cl)cc2C)cc(-n2nc(C)c(C#N)c2N)n1. The Morgan fingerprint density at radius 1 is 1.27 bits per heavy atom. The Bertz CT molecular complexity index is 1030. The summed E-state index contributed by atoms with van der Waals surface area (Å²) in [7, 11) is 0. The fraction of sp³-hybridized carbons (Fsp3) is 0.176. The quantitative estimate of drug-likeness (QED) is 0.535. The minimum atomic E-state index is 0.226. The van der Waals surface area contributed by atoms with Crippen molar-refractivity contribution >= 4 is 29.2 Å². The molecule has 2 N–H and O–H groups in total. The molecule has 3 aromatic rings. The number of nitrogens with zero attached hydrogens (tertiary/aromatic N) is 5. The number of nitriles is 1. The first-order valence-electron chi connectivity index (χ1n) is 7.55. The maximum atomic E-state index is 9.21. The number of benzene rings is 1. The Hall–Kier alpha value is -2.76. The first-order chi connectivity index (χ1) is 12.4. The van der Waals surface area contributed by atoms with Crippen LogP contribution in [0.25, 0.3) is 5.82 Å². The molecule has 0 radical (unpaired) electrons. The van der Waals surface area contributed by atoms with Crippen molar-refractivity contribution in [2.75, 3.05) is 12.0 Å². The molecule has 0 amide bonds. The summed E-state index contributed by atoms with van der Waals surface area (Å²) in [5.74, 6) is 1.63. The normalized spacial score (nSPS) is 10.6. The number of hydrogen-bond acceptors (Lipinski definition) is 7. The molecule has 1 aromatic carbocycles. The van der Waals surface area contributed by atoms with Crippen LogP contribution in [0.4, 0.5) is 5.82 Å². The number of halogens is 1. The summed E-state index contributed by atoms with van der Waals surface area (Å²) in [5, 5.41) is 14.6. The molecule has 0 atom stereocenters. The van der Waals surface area contributed by atoms with E-state index in [2.05, 4.69) is 15.1 Å². The molecular formula is C17H15ClN6OS. The van der Waals surface area contributed by atoms with Gasteiger partial charge in [0, 0.05) is 11.1 Å². The highest BCUT2D eigenvalue weighted by Gasteiger charge is 2.17. The molecule has 2 heterocycles. The summed E-state index contributed by atoms with van der Waals surface area (Å²) in [6.45, 7) is 3.61. The first kappa shape index (κ1) is 18.0. The van der Waals surface area contributed by atoms with Crippen LogP contribution in [0.15, 0.2) is 29.4 Å². The van der Waals surface area contributed by atoms with Gasteiger partial charge in [-0.3, -0.25) is 0 Å². The fourth-order valence-corrected chi connectivity index (χ4v) is 2.93. The predicted octanol–water partition coefficient (Wildman–Crippen LogP) is 3.90. The highest BCUT2D eigenvalue weighted by Crippen LogP contribution is 2.29. The van der Waals surface area contributed by atoms with Crippen LogP contribution < -0.4 is 10.5 Å². The van der Waals surface area contributed by atoms with Crippen LogP contribution >= 0.6 is 23.4 Å². The zero-order chi connectivity index (χ0) is 18.8. The van der Waals surface area contributed by atoms with Crippen LogP contribution in [0, 0.1) is 25.2 Å². The van der Waals surface area contributed by atoms with Crippen molar-refractivity contribution in [2.45, 2.75) is 19.0 Å². The summed E-state index contributed by atoms with van der Waals surface area (Å²) in [6, 6.07) is 9.00. The third kappa shape index (κ3) is 3.45. The molecule has 7 nitrogen and oxygen atoms in total. The summed E-state index contributed by atoms with van der Waals surface area (Å²) < 4.78 is 7.32. The number of aryl methyl sites for hydroxylation is 2. The van der Waals surface area contributed by atoms with Gasteiger partial charge in [-0.1, -0.05) is 23.4 Å². The van der Waals surface area contributed by atoms with Crippen LogP contribution in [-0.4, -0.2) is 26.0 Å². The van der Waals surface area contributed by atoms with Crippen molar-refractivity contribution in [1.29, 1.82) is 5.26 Å². The third-order valence-electron chi connectivity index (χ3n) is 3.63. The molecule has 0 bridgehead atoms. The standard InChI is InChI=1S/C17H15ClN6OS/c1-9-6-11(18)4-5-13(9)25-15-7-14(21-17(22-15)26-3)24-16(20)12(8-19)10(2)23-24/h4-7H,20H2,1-3H3. The van der Waals surface area contributed by atoms with E-state index in [1.54, 1.807) is 25.1 Å². The smallest absolute Gasteiger partial charge is 0.225 e. The molecule has 3 rings (SSSR count). The number of rotatable bonds is 4. The van der Waals surface area contributed by atoms with Crippen LogP contribution in [-0.2, 0) is 0 Å². The molecule has 0 aliphatic heterocycles. The predicted molar refractivity (Wildman–Crippen MR) is 101 cm³/mol. The molecule has 0 fully saturated rings. The molecule has 0 saturated carbocycles. The van der Waals surface area contributed by atoms with Gasteiger partial charge >= 0.3 is 0 Å². The molecule has 0 unspecified atom stereocenters. The monoisotopic (exact) mass is 386 g/mol. The minimum Gasteiger partial charge on any atom is -0.439 e. The molecule has 0 saturated heterocycles. The number of ether oxygens (including phenoxy) is 1. The number of anilines is 1. The lowest BCUT2D eigenvalue weighted by Gasteiger charge is -2.11. The highest BCUT2D eigenvalue weighted by atomic mass is 35.5. The van der Waals surface area contributed by atoms with E-state index in [0.29, 0.717) is 38.9 Å². The van der Waals surface area contributed by atoms with Crippen molar-refractivity contribution in [2.24, 2.45) is 0 Å². The highest BCUT2D eigenvalue weighted by molar-refractivity contribution is 7.98. The Kier molecular flexibility index (Phi) is 5.02. The van der Waals surface area contributed by atoms with Crippen molar-refractivity contribution in [1.82, 2.24) is 19.7 Å². The third-order valence-corrected chi connectivity index (χ3v) is 4.41. The first-order valence-corrected chi connectivity index (χ1v) is 9.16. The van der Waals surface area contributed by atoms with Gasteiger partial charge in [0.15, 0.2) is 11.0 Å². The van der Waals surface area contributed by atoms with Gasteiger partial charge in [-0.2, -0.15) is 20.0 Å². The Balaban J connectivity index is 2.06. The lowest BCUT2D eigenvalue weighted by molar-refractivity contribution is 0.451. The number of nitrogen functional groups attached to an aromatic ring is 1. The molecule has 132 valence electrons. The Labute approximate surface area is 159 Å². The van der Waals surface area contributed by atoms with E-state index in [4.69, 9.17) is 22.1 Å². The van der Waals surface area contributed by atoms with Crippen LogP contribution in [0.2, 0.25) is 5.02 Å². The average Bonchev–Trinajstić information content (AvgIpc) is 2.91. The summed E-state index contributed by atoms with van der Waals surface area (Å²) in [6.07, 6.45) is 1.86. The maximum absolute atomic E-state index is 9.21. The van der Waals surface area contributed by atoms with E-state index in [0.717, 1.165) is 5.56 Å². The fourth-order valence-electron chi connectivity index (χ4n) is 2.34. The minimum absolute atomic E-state index is 0.226. The molecule has 0 aliphatic rings. The van der Waals surface area contributed by atoms with Gasteiger partial charge in [-0.25, -0.2) is 4.98 Å². The molecule has 2 aromatic heterocycles. The Morgan fingerprint density at radius 2 is 2.04 bits per heavy atom. The van der Waals surface area contributed by atoms with E-state index in [1.165, 1.54) is 16.4 Å². The second kappa shape index (κ2) is 7.23. The zero-order valence-corrected chi connectivity index (χ0v) is 15.9. The molecule has 0 aliphatic carbocycles. The van der Waals surface area contributed by atoms with Gasteiger partial charge in [0.2, 0.25) is 5.88 Å². The number of aromatic nitrogens is 4. The van der Waals surface area contributed by atoms with Crippen LogP contribution in [0.5, 0.6) is 11.6 Å². The van der Waals surface area contributed by atoms with Crippen molar-refractivity contribution in [3.05, 3.63) is 46.1 Å². The van der Waals surface area contributed by atoms with Gasteiger partial charge in [-0.05, 0) is 43.9 Å². The van der Waals surface area contributed by atoms with Crippen molar-refractivity contribution in [3.8, 4) is 23.5 Å². The second-order valence-corrected chi connectivity index (χ2v) is 6.64. The topological polar surface area (TPSA) is 103 Å². The Morgan fingerprint density at radius 3 is 2.65 bits per heavy atom. The molecule has 9 heteroatoms. The summed E-state index contributed by atoms with van der Waals surface area (Å²) in [5.41, 5.74) is 7.77. The van der Waals surface area contributed by atoms with Gasteiger partial charge in [-0.15, -0.1) is 0 Å². The maximum Gasteiger partial charge on any atom is 0.225 e. The van der Waals surface area contributed by atoms with Gasteiger partial charge in [0.1, 0.15) is 23.2 Å². The second-order valence-electron chi connectivity index (χ2n) is 5.43. The molecular weight excluding hydrogens is 372 g/mol. The van der Waals surface area contributed by atoms with E-state index >= 15 is 0 Å². The lowest BCUT2D eigenvalue weighted by atomic mass is 10.2. The van der Waals surface area contributed by atoms with E-state index < -0.39 is 0 Å². The van der Waals surface area contributed by atoms with Gasteiger partial charge in [0.05, 0.1) is 5.69 Å². The summed E-state index contributed by atoms with van der Waals surface area (Å²) >= 11 is 7.35. The van der Waals surface area contributed by atoms with Crippen molar-refractivity contribution < 1.29 is 4.74 Å². The lowest BCUT2D eigenvalue weighted by Crippen LogP contribution is -2.07.